The van der Waals surface area contributed by atoms with Crippen molar-refractivity contribution in [2.45, 2.75) is 162 Å². The van der Waals surface area contributed by atoms with Gasteiger partial charge in [0.15, 0.2) is 5.79 Å². The molecule has 0 aromatic heterocycles. The van der Waals surface area contributed by atoms with Crippen LogP contribution in [0.5, 0.6) is 0 Å². The van der Waals surface area contributed by atoms with Gasteiger partial charge in [-0.25, -0.2) is 0 Å². The number of hydrogen-bond acceptors (Lipinski definition) is 5. The highest BCUT2D eigenvalue weighted by Gasteiger charge is 2.83. The zero-order valence-electron chi connectivity index (χ0n) is 31.4. The number of rotatable bonds is 9. The fourth-order valence-electron chi connectivity index (χ4n) is 15.2. The van der Waals surface area contributed by atoms with Crippen LogP contribution in [0.2, 0.25) is 0 Å². The zero-order chi connectivity index (χ0) is 35.3. The van der Waals surface area contributed by atoms with Crippen molar-refractivity contribution in [2.24, 2.45) is 55.7 Å². The Morgan fingerprint density at radius 2 is 1.57 bits per heavy atom. The van der Waals surface area contributed by atoms with E-state index in [1.165, 1.54) is 25.7 Å². The molecule has 274 valence electrons. The molecule has 1 aromatic rings. The van der Waals surface area contributed by atoms with Gasteiger partial charge in [0.2, 0.25) is 0 Å². The van der Waals surface area contributed by atoms with Crippen molar-refractivity contribution in [3.8, 4) is 0 Å². The molecule has 1 aliphatic heterocycles. The summed E-state index contributed by atoms with van der Waals surface area (Å²) >= 11 is 0. The summed E-state index contributed by atoms with van der Waals surface area (Å²) in [6, 6.07) is 10.4. The minimum Gasteiger partial charge on any atom is -0.481 e. The van der Waals surface area contributed by atoms with Gasteiger partial charge in [-0.3, -0.25) is 4.79 Å². The quantitative estimate of drug-likeness (QED) is 0.195. The highest BCUT2D eigenvalue weighted by atomic mass is 16.6. The first kappa shape index (κ1) is 35.9. The Morgan fingerprint density at radius 1 is 0.878 bits per heavy atom. The number of carboxylic acids is 1. The molecule has 1 aromatic carbocycles. The predicted octanol–water partition coefficient (Wildman–Crippen LogP) is 8.55. The van der Waals surface area contributed by atoms with Gasteiger partial charge in [0.1, 0.15) is 0 Å². The monoisotopic (exact) mass is 678 g/mol. The molecule has 2 bridgehead atoms. The summed E-state index contributed by atoms with van der Waals surface area (Å²) in [5.41, 5.74) is -1.24. The second-order valence-corrected chi connectivity index (χ2v) is 19.4. The highest BCUT2D eigenvalue weighted by molar-refractivity contribution is 5.74. The predicted molar refractivity (Wildman–Crippen MR) is 191 cm³/mol. The van der Waals surface area contributed by atoms with Crippen LogP contribution in [0.4, 0.5) is 0 Å². The number of unbranched alkanes of at least 4 members (excludes halogenated alkanes) is 3. The smallest absolute Gasteiger partial charge is 0.309 e. The van der Waals surface area contributed by atoms with Crippen LogP contribution in [0.1, 0.15) is 143 Å². The second kappa shape index (κ2) is 11.8. The molecule has 1 saturated heterocycles. The molecule has 0 unspecified atom stereocenters. The molecule has 0 amide bonds. The molecule has 6 nitrogen and oxygen atoms in total. The van der Waals surface area contributed by atoms with Crippen molar-refractivity contribution in [1.29, 1.82) is 0 Å². The average Bonchev–Trinajstić information content (AvgIpc) is 3.20. The summed E-state index contributed by atoms with van der Waals surface area (Å²) in [5, 5.41) is 47.2. The SMILES string of the molecule is CCCCCC[C@@]12CC[C@]3(C)[C@H](CC[C@]45[C@@H](C)[C@](O)(C[C@H](O)[C@]43CO)O[C@@H]5Cc3ccccc3)[C@@]1(C)CC[C@@]1(C)CC[C@@](C)(C(=O)O)C[C@H]12. The van der Waals surface area contributed by atoms with Crippen LogP contribution in [0.15, 0.2) is 30.3 Å². The molecule has 1 spiro atoms. The summed E-state index contributed by atoms with van der Waals surface area (Å²) in [6.07, 6.45) is 13.9. The number of aliphatic hydroxyl groups excluding tert-OH is 2. The second-order valence-electron chi connectivity index (χ2n) is 19.4. The van der Waals surface area contributed by atoms with Gasteiger partial charge >= 0.3 is 5.97 Å². The van der Waals surface area contributed by atoms with E-state index in [4.69, 9.17) is 4.74 Å². The van der Waals surface area contributed by atoms with E-state index in [1.54, 1.807) is 0 Å². The van der Waals surface area contributed by atoms with Crippen LogP contribution in [0.25, 0.3) is 0 Å². The molecule has 6 heteroatoms. The summed E-state index contributed by atoms with van der Waals surface area (Å²) in [4.78, 5) is 12.9. The fourth-order valence-corrected chi connectivity index (χ4v) is 15.2. The molecular weight excluding hydrogens is 612 g/mol. The first-order chi connectivity index (χ1) is 23.1. The standard InChI is InChI=1S/C43H66O6/c1-7-8-9-13-17-40-24-23-39(6)31(38(40,5)22-21-36(3)19-20-37(4,35(46)47)26-32(36)40)16-18-41-29(2)43(48,27-33(45)42(39,41)28-44)49-34(41)25-30-14-11-10-12-15-30/h10-12,14-15,29,31-34,44-45,48H,7-9,13,16-28H2,1-6H3,(H,46,47)/t29-,31-,32-,33+,34-,36-,37-,38-,39-,40+,41-,42+,43+/m1/s1. The van der Waals surface area contributed by atoms with Crippen LogP contribution in [-0.2, 0) is 16.0 Å². The Hall–Kier alpha value is -1.47. The maximum Gasteiger partial charge on any atom is 0.309 e. The van der Waals surface area contributed by atoms with Gasteiger partial charge in [0.25, 0.3) is 0 Å². The first-order valence-corrected chi connectivity index (χ1v) is 20.0. The molecule has 7 rings (SSSR count). The van der Waals surface area contributed by atoms with Gasteiger partial charge in [-0.2, -0.15) is 0 Å². The maximum atomic E-state index is 12.9. The lowest BCUT2D eigenvalue weighted by Gasteiger charge is -2.78. The third kappa shape index (κ3) is 4.48. The van der Waals surface area contributed by atoms with E-state index in [9.17, 15) is 25.2 Å². The Labute approximate surface area is 295 Å². The van der Waals surface area contributed by atoms with Crippen molar-refractivity contribution < 1.29 is 30.0 Å². The molecule has 5 saturated carbocycles. The summed E-state index contributed by atoms with van der Waals surface area (Å²) < 4.78 is 6.76. The molecule has 4 N–H and O–H groups in total. The lowest BCUT2D eigenvalue weighted by Crippen LogP contribution is -2.77. The van der Waals surface area contributed by atoms with Crippen molar-refractivity contribution in [3.05, 3.63) is 35.9 Å². The van der Waals surface area contributed by atoms with Crippen LogP contribution in [0.3, 0.4) is 0 Å². The molecule has 5 aliphatic carbocycles. The third-order valence-corrected chi connectivity index (χ3v) is 18.0. The van der Waals surface area contributed by atoms with Crippen LogP contribution >= 0.6 is 0 Å². The van der Waals surface area contributed by atoms with Crippen molar-refractivity contribution in [2.75, 3.05) is 6.61 Å². The number of aliphatic hydroxyl groups is 3. The number of aliphatic carboxylic acids is 1. The van der Waals surface area contributed by atoms with Crippen LogP contribution < -0.4 is 0 Å². The van der Waals surface area contributed by atoms with Crippen LogP contribution in [0, 0.1) is 55.7 Å². The van der Waals surface area contributed by atoms with Gasteiger partial charge in [-0.1, -0.05) is 90.6 Å². The van der Waals surface area contributed by atoms with E-state index in [0.717, 1.165) is 69.8 Å². The maximum absolute atomic E-state index is 12.9. The molecule has 1 heterocycles. The van der Waals surface area contributed by atoms with E-state index in [2.05, 4.69) is 58.9 Å². The molecule has 6 fully saturated rings. The first-order valence-electron chi connectivity index (χ1n) is 20.0. The van der Waals surface area contributed by atoms with Gasteiger partial charge < -0.3 is 25.2 Å². The van der Waals surface area contributed by atoms with E-state index < -0.39 is 34.1 Å². The number of carboxylic acid groups (broad SMARTS) is 1. The largest absolute Gasteiger partial charge is 0.481 e. The van der Waals surface area contributed by atoms with Gasteiger partial charge in [0.05, 0.1) is 24.2 Å². The lowest BCUT2D eigenvalue weighted by molar-refractivity contribution is -0.336. The van der Waals surface area contributed by atoms with Crippen molar-refractivity contribution >= 4 is 5.97 Å². The molecule has 13 atom stereocenters. The van der Waals surface area contributed by atoms with E-state index in [-0.39, 0.29) is 52.6 Å². The van der Waals surface area contributed by atoms with Gasteiger partial charge in [-0.05, 0) is 117 Å². The summed E-state index contributed by atoms with van der Waals surface area (Å²) in [6.45, 7) is 13.8. The minimum atomic E-state index is -1.42. The van der Waals surface area contributed by atoms with Crippen LogP contribution in [-0.4, -0.2) is 51.0 Å². The third-order valence-electron chi connectivity index (χ3n) is 18.0. The Kier molecular flexibility index (Phi) is 8.63. The highest BCUT2D eigenvalue weighted by Crippen LogP contribution is 2.84. The molecular formula is C43H66O6. The zero-order valence-corrected chi connectivity index (χ0v) is 31.4. The summed E-state index contributed by atoms with van der Waals surface area (Å²) in [5.74, 6) is -1.68. The fraction of sp³-hybridized carbons (Fsp3) is 0.837. The molecule has 49 heavy (non-hydrogen) atoms. The number of hydrogen-bond donors (Lipinski definition) is 4. The van der Waals surface area contributed by atoms with Crippen molar-refractivity contribution in [1.82, 2.24) is 0 Å². The van der Waals surface area contributed by atoms with Gasteiger partial charge in [0, 0.05) is 23.2 Å². The molecule has 0 radical (unpaired) electrons. The number of fused-ring (bicyclic) bond motifs is 7. The minimum absolute atomic E-state index is 0.0117. The topological polar surface area (TPSA) is 107 Å². The number of carbonyl (C=O) groups is 1. The van der Waals surface area contributed by atoms with Crippen molar-refractivity contribution in [3.63, 3.8) is 0 Å². The van der Waals surface area contributed by atoms with E-state index in [1.807, 2.05) is 13.0 Å². The normalized spacial score (nSPS) is 51.7. The summed E-state index contributed by atoms with van der Waals surface area (Å²) in [7, 11) is 0. The van der Waals surface area contributed by atoms with E-state index in [0.29, 0.717) is 12.3 Å². The number of benzene rings is 1. The lowest BCUT2D eigenvalue weighted by atomic mass is 9.25. The Balaban J connectivity index is 1.36. The molecule has 6 aliphatic rings. The Morgan fingerprint density at radius 3 is 2.24 bits per heavy atom. The van der Waals surface area contributed by atoms with E-state index >= 15 is 0 Å². The van der Waals surface area contributed by atoms with Gasteiger partial charge in [-0.15, -0.1) is 0 Å². The number of ether oxygens (including phenoxy) is 1. The average molecular weight is 679 g/mol. The Bertz CT molecular complexity index is 1420.